The maximum Gasteiger partial charge on any atom is 0.0180 e. The van der Waals surface area contributed by atoms with Gasteiger partial charge in [-0.25, -0.2) is 0 Å². The molecule has 0 saturated carbocycles. The quantitative estimate of drug-likeness (QED) is 0.849. The number of thioether (sulfide) groups is 1. The molecule has 0 bridgehead atoms. The van der Waals surface area contributed by atoms with E-state index in [0.717, 1.165) is 5.92 Å². The third-order valence-electron chi connectivity index (χ3n) is 3.10. The molecule has 1 heterocycles. The molecule has 0 amide bonds. The summed E-state index contributed by atoms with van der Waals surface area (Å²) < 4.78 is 0. The van der Waals surface area contributed by atoms with Crippen LogP contribution in [0, 0.1) is 5.92 Å². The van der Waals surface area contributed by atoms with Crippen molar-refractivity contribution in [2.75, 3.05) is 11.5 Å². The summed E-state index contributed by atoms with van der Waals surface area (Å²) in [4.78, 5) is 0. The van der Waals surface area contributed by atoms with E-state index in [9.17, 15) is 0 Å². The van der Waals surface area contributed by atoms with Crippen molar-refractivity contribution in [3.63, 3.8) is 0 Å². The lowest BCUT2D eigenvalue weighted by atomic mass is 9.93. The fourth-order valence-corrected chi connectivity index (χ4v) is 3.39. The topological polar surface area (TPSA) is 26.0 Å². The Morgan fingerprint density at radius 2 is 2.07 bits per heavy atom. The Balaban J connectivity index is 2.02. The third kappa shape index (κ3) is 2.99. The monoisotopic (exact) mass is 221 g/mol. The van der Waals surface area contributed by atoms with E-state index in [-0.39, 0.29) is 0 Å². The summed E-state index contributed by atoms with van der Waals surface area (Å²) in [5.41, 5.74) is 8.54. The second kappa shape index (κ2) is 5.57. The Kier molecular flexibility index (Phi) is 4.09. The second-order valence-electron chi connectivity index (χ2n) is 4.26. The lowest BCUT2D eigenvalue weighted by Crippen LogP contribution is -2.14. The molecular weight excluding hydrogens is 202 g/mol. The van der Waals surface area contributed by atoms with Gasteiger partial charge in [0.25, 0.3) is 0 Å². The molecule has 0 spiro atoms. The fraction of sp³-hybridized carbons (Fsp3) is 0.538. The molecule has 0 aromatic heterocycles. The molecule has 82 valence electrons. The van der Waals surface area contributed by atoms with Gasteiger partial charge in [-0.05, 0) is 47.8 Å². The summed E-state index contributed by atoms with van der Waals surface area (Å²) in [5.74, 6) is 3.56. The lowest BCUT2D eigenvalue weighted by molar-refractivity contribution is 0.519. The van der Waals surface area contributed by atoms with Crippen LogP contribution in [0.15, 0.2) is 24.3 Å². The van der Waals surface area contributed by atoms with E-state index < -0.39 is 0 Å². The van der Waals surface area contributed by atoms with E-state index >= 15 is 0 Å². The highest BCUT2D eigenvalue weighted by Crippen LogP contribution is 2.26. The van der Waals surface area contributed by atoms with Crippen LogP contribution in [0.4, 0.5) is 0 Å². The molecule has 15 heavy (non-hydrogen) atoms. The zero-order chi connectivity index (χ0) is 10.5. The van der Waals surface area contributed by atoms with Gasteiger partial charge in [-0.2, -0.15) is 11.8 Å². The van der Waals surface area contributed by atoms with Crippen LogP contribution >= 0.6 is 11.8 Å². The molecule has 0 aliphatic carbocycles. The first-order valence-electron chi connectivity index (χ1n) is 5.74. The van der Waals surface area contributed by atoms with Gasteiger partial charge in [-0.1, -0.05) is 24.3 Å². The second-order valence-corrected chi connectivity index (χ2v) is 5.41. The van der Waals surface area contributed by atoms with Gasteiger partial charge in [-0.15, -0.1) is 0 Å². The minimum atomic E-state index is 0.677. The van der Waals surface area contributed by atoms with Gasteiger partial charge in [0, 0.05) is 6.54 Å². The number of nitrogens with two attached hydrogens (primary N) is 1. The molecule has 1 aromatic rings. The van der Waals surface area contributed by atoms with E-state index in [2.05, 4.69) is 36.0 Å². The van der Waals surface area contributed by atoms with Crippen molar-refractivity contribution in [3.05, 3.63) is 35.4 Å². The molecule has 1 saturated heterocycles. The summed E-state index contributed by atoms with van der Waals surface area (Å²) in [5, 5.41) is 0. The summed E-state index contributed by atoms with van der Waals surface area (Å²) in [6.45, 7) is 0.677. The predicted octanol–water partition coefficient (Wildman–Crippen LogP) is 2.83. The van der Waals surface area contributed by atoms with E-state index in [1.165, 1.54) is 41.9 Å². The maximum atomic E-state index is 5.75. The van der Waals surface area contributed by atoms with Crippen molar-refractivity contribution < 1.29 is 0 Å². The van der Waals surface area contributed by atoms with Crippen LogP contribution in [0.2, 0.25) is 0 Å². The first kappa shape index (κ1) is 11.0. The van der Waals surface area contributed by atoms with Crippen LogP contribution in [0.3, 0.4) is 0 Å². The van der Waals surface area contributed by atoms with Crippen LogP contribution in [-0.4, -0.2) is 11.5 Å². The van der Waals surface area contributed by atoms with E-state index in [1.807, 2.05) is 0 Å². The SMILES string of the molecule is NCc1ccccc1CC1CCCSC1. The lowest BCUT2D eigenvalue weighted by Gasteiger charge is -2.22. The van der Waals surface area contributed by atoms with Gasteiger partial charge < -0.3 is 5.73 Å². The Morgan fingerprint density at radius 3 is 2.73 bits per heavy atom. The zero-order valence-electron chi connectivity index (χ0n) is 9.11. The van der Waals surface area contributed by atoms with Crippen LogP contribution < -0.4 is 5.73 Å². The van der Waals surface area contributed by atoms with Crippen molar-refractivity contribution in [3.8, 4) is 0 Å². The Labute approximate surface area is 96.4 Å². The third-order valence-corrected chi connectivity index (χ3v) is 4.39. The molecule has 1 nitrogen and oxygen atoms in total. The summed E-state index contributed by atoms with van der Waals surface area (Å²) >= 11 is 2.10. The first-order valence-corrected chi connectivity index (χ1v) is 6.90. The van der Waals surface area contributed by atoms with Crippen molar-refractivity contribution in [1.82, 2.24) is 0 Å². The average Bonchev–Trinajstić information content (AvgIpc) is 2.31. The van der Waals surface area contributed by atoms with Crippen molar-refractivity contribution in [2.45, 2.75) is 25.8 Å². The van der Waals surface area contributed by atoms with E-state index in [0.29, 0.717) is 6.54 Å². The Bertz CT molecular complexity index is 305. The number of hydrogen-bond donors (Lipinski definition) is 1. The highest BCUT2D eigenvalue weighted by Gasteiger charge is 2.15. The van der Waals surface area contributed by atoms with E-state index in [1.54, 1.807) is 0 Å². The van der Waals surface area contributed by atoms with Crippen molar-refractivity contribution in [2.24, 2.45) is 11.7 Å². The smallest absolute Gasteiger partial charge is 0.0180 e. The van der Waals surface area contributed by atoms with Crippen molar-refractivity contribution in [1.29, 1.82) is 0 Å². The molecular formula is C13H19NS. The summed E-state index contributed by atoms with van der Waals surface area (Å²) in [7, 11) is 0. The molecule has 1 atom stereocenters. The minimum absolute atomic E-state index is 0.677. The van der Waals surface area contributed by atoms with Gasteiger partial charge in [0.1, 0.15) is 0 Å². The largest absolute Gasteiger partial charge is 0.326 e. The molecule has 1 unspecified atom stereocenters. The molecule has 1 aromatic carbocycles. The molecule has 0 radical (unpaired) electrons. The van der Waals surface area contributed by atoms with Gasteiger partial charge in [0.15, 0.2) is 0 Å². The van der Waals surface area contributed by atoms with Crippen LogP contribution in [0.5, 0.6) is 0 Å². The molecule has 1 aliphatic heterocycles. The number of benzene rings is 1. The van der Waals surface area contributed by atoms with Gasteiger partial charge >= 0.3 is 0 Å². The van der Waals surface area contributed by atoms with Gasteiger partial charge in [-0.3, -0.25) is 0 Å². The zero-order valence-corrected chi connectivity index (χ0v) is 9.93. The summed E-state index contributed by atoms with van der Waals surface area (Å²) in [6.07, 6.45) is 4.01. The fourth-order valence-electron chi connectivity index (χ4n) is 2.24. The Hall–Kier alpha value is -0.470. The molecule has 1 fully saturated rings. The van der Waals surface area contributed by atoms with Gasteiger partial charge in [0.2, 0.25) is 0 Å². The van der Waals surface area contributed by atoms with Crippen LogP contribution in [-0.2, 0) is 13.0 Å². The average molecular weight is 221 g/mol. The molecule has 1 aliphatic rings. The van der Waals surface area contributed by atoms with Crippen molar-refractivity contribution >= 4 is 11.8 Å². The predicted molar refractivity (Wildman–Crippen MR) is 68.1 cm³/mol. The highest BCUT2D eigenvalue weighted by atomic mass is 32.2. The maximum absolute atomic E-state index is 5.75. The normalized spacial score (nSPS) is 21.5. The highest BCUT2D eigenvalue weighted by molar-refractivity contribution is 7.99. The standard InChI is InChI=1S/C13H19NS/c14-9-13-6-2-1-5-12(13)8-11-4-3-7-15-10-11/h1-2,5-6,11H,3-4,7-10,14H2. The minimum Gasteiger partial charge on any atom is -0.326 e. The molecule has 2 rings (SSSR count). The van der Waals surface area contributed by atoms with E-state index in [4.69, 9.17) is 5.73 Å². The first-order chi connectivity index (χ1) is 7.40. The van der Waals surface area contributed by atoms with Crippen LogP contribution in [0.1, 0.15) is 24.0 Å². The summed E-state index contributed by atoms with van der Waals surface area (Å²) in [6, 6.07) is 8.61. The molecule has 2 heteroatoms. The number of rotatable bonds is 3. The molecule has 2 N–H and O–H groups in total. The van der Waals surface area contributed by atoms with Crippen LogP contribution in [0.25, 0.3) is 0 Å². The van der Waals surface area contributed by atoms with Gasteiger partial charge in [0.05, 0.1) is 0 Å². The number of hydrogen-bond acceptors (Lipinski definition) is 2. The Morgan fingerprint density at radius 1 is 1.27 bits per heavy atom.